The van der Waals surface area contributed by atoms with Crippen molar-refractivity contribution < 1.29 is 5.11 Å². The van der Waals surface area contributed by atoms with Gasteiger partial charge < -0.3 is 15.3 Å². The molecule has 1 aromatic carbocycles. The topological polar surface area (TPSA) is 47.9 Å². The van der Waals surface area contributed by atoms with Gasteiger partial charge in [-0.1, -0.05) is 29.8 Å². The van der Waals surface area contributed by atoms with Gasteiger partial charge in [0.1, 0.15) is 0 Å². The maximum atomic E-state index is 9.63. The second-order valence-corrected chi connectivity index (χ2v) is 5.36. The first-order chi connectivity index (χ1) is 9.69. The zero-order chi connectivity index (χ0) is 14.4. The number of benzene rings is 1. The van der Waals surface area contributed by atoms with Gasteiger partial charge in [0, 0.05) is 26.2 Å². The monoisotopic (exact) mass is 403 g/mol. The van der Waals surface area contributed by atoms with Gasteiger partial charge in [0.25, 0.3) is 0 Å². The first-order valence-electron chi connectivity index (χ1n) is 7.46. The van der Waals surface area contributed by atoms with E-state index in [1.807, 2.05) is 0 Å². The van der Waals surface area contributed by atoms with Crippen LogP contribution < -0.4 is 5.32 Å². The summed E-state index contributed by atoms with van der Waals surface area (Å²) in [5, 5.41) is 12.9. The van der Waals surface area contributed by atoms with Gasteiger partial charge >= 0.3 is 0 Å². The van der Waals surface area contributed by atoms with Gasteiger partial charge in [-0.25, -0.2) is 0 Å². The third-order valence-electron chi connectivity index (χ3n) is 3.54. The Morgan fingerprint density at radius 2 is 2.29 bits per heavy atom. The summed E-state index contributed by atoms with van der Waals surface area (Å²) in [5.41, 5.74) is 2.62. The number of likely N-dealkylation sites (tertiary alicyclic amines) is 1. The zero-order valence-electron chi connectivity index (χ0n) is 12.9. The number of nitrogens with zero attached hydrogens (tertiary/aromatic N) is 2. The van der Waals surface area contributed by atoms with Crippen molar-refractivity contribution in [3.63, 3.8) is 0 Å². The van der Waals surface area contributed by atoms with Crippen molar-refractivity contribution in [2.45, 2.75) is 32.8 Å². The summed E-state index contributed by atoms with van der Waals surface area (Å²) in [6, 6.07) is 8.57. The highest BCUT2D eigenvalue weighted by Gasteiger charge is 2.22. The molecule has 0 aliphatic carbocycles. The summed E-state index contributed by atoms with van der Waals surface area (Å²) >= 11 is 0. The van der Waals surface area contributed by atoms with Gasteiger partial charge in [-0.05, 0) is 32.3 Å². The van der Waals surface area contributed by atoms with Gasteiger partial charge in [-0.2, -0.15) is 0 Å². The smallest absolute Gasteiger partial charge is 0.194 e. The van der Waals surface area contributed by atoms with E-state index in [2.05, 4.69) is 53.3 Å². The number of hydrogen-bond acceptors (Lipinski definition) is 2. The molecule has 1 fully saturated rings. The van der Waals surface area contributed by atoms with Crippen molar-refractivity contribution in [2.75, 3.05) is 26.2 Å². The number of rotatable bonds is 4. The fourth-order valence-electron chi connectivity index (χ4n) is 2.52. The van der Waals surface area contributed by atoms with Crippen LogP contribution in [0.4, 0.5) is 0 Å². The van der Waals surface area contributed by atoms with Crippen LogP contribution >= 0.6 is 24.0 Å². The average Bonchev–Trinajstić information content (AvgIpc) is 2.84. The molecule has 4 nitrogen and oxygen atoms in total. The van der Waals surface area contributed by atoms with E-state index in [-0.39, 0.29) is 30.1 Å². The Labute approximate surface area is 144 Å². The highest BCUT2D eigenvalue weighted by molar-refractivity contribution is 14.0. The number of halogens is 1. The lowest BCUT2D eigenvalue weighted by atomic mass is 10.1. The third kappa shape index (κ3) is 5.82. The van der Waals surface area contributed by atoms with Crippen LogP contribution in [-0.4, -0.2) is 48.2 Å². The van der Waals surface area contributed by atoms with E-state index in [4.69, 9.17) is 0 Å². The molecule has 2 rings (SSSR count). The van der Waals surface area contributed by atoms with Crippen LogP contribution in [0.2, 0.25) is 0 Å². The van der Waals surface area contributed by atoms with Crippen LogP contribution in [0.1, 0.15) is 24.5 Å². The molecule has 0 bridgehead atoms. The van der Waals surface area contributed by atoms with E-state index < -0.39 is 0 Å². The highest BCUT2D eigenvalue weighted by atomic mass is 127. The van der Waals surface area contributed by atoms with E-state index in [1.54, 1.807) is 0 Å². The molecule has 0 unspecified atom stereocenters. The van der Waals surface area contributed by atoms with Crippen LogP contribution in [0.25, 0.3) is 0 Å². The average molecular weight is 403 g/mol. The Morgan fingerprint density at radius 1 is 1.48 bits per heavy atom. The lowest BCUT2D eigenvalue weighted by Gasteiger charge is -2.20. The molecule has 0 aromatic heterocycles. The molecular formula is C16H26IN3O. The van der Waals surface area contributed by atoms with E-state index >= 15 is 0 Å². The SMILES string of the molecule is CCNC(=NCCc1cccc(C)c1)N1CC[C@@H](O)C1.I. The normalized spacial score (nSPS) is 18.5. The number of nitrogens with one attached hydrogen (secondary N) is 1. The summed E-state index contributed by atoms with van der Waals surface area (Å²) in [4.78, 5) is 6.82. The van der Waals surface area contributed by atoms with Gasteiger partial charge in [-0.15, -0.1) is 24.0 Å². The van der Waals surface area contributed by atoms with Crippen LogP contribution in [-0.2, 0) is 6.42 Å². The van der Waals surface area contributed by atoms with Gasteiger partial charge in [0.05, 0.1) is 6.10 Å². The van der Waals surface area contributed by atoms with Gasteiger partial charge in [0.2, 0.25) is 0 Å². The zero-order valence-corrected chi connectivity index (χ0v) is 15.2. The van der Waals surface area contributed by atoms with E-state index in [1.165, 1.54) is 11.1 Å². The summed E-state index contributed by atoms with van der Waals surface area (Å²) < 4.78 is 0. The van der Waals surface area contributed by atoms with Crippen molar-refractivity contribution >= 4 is 29.9 Å². The van der Waals surface area contributed by atoms with Crippen LogP contribution in [0, 0.1) is 6.92 Å². The van der Waals surface area contributed by atoms with Gasteiger partial charge in [-0.3, -0.25) is 4.99 Å². The largest absolute Gasteiger partial charge is 0.391 e. The molecule has 21 heavy (non-hydrogen) atoms. The molecule has 118 valence electrons. The minimum absolute atomic E-state index is 0. The fraction of sp³-hybridized carbons (Fsp3) is 0.562. The Kier molecular flexibility index (Phi) is 8.03. The molecule has 1 atom stereocenters. The molecular weight excluding hydrogens is 377 g/mol. The summed E-state index contributed by atoms with van der Waals surface area (Å²) in [7, 11) is 0. The summed E-state index contributed by atoms with van der Waals surface area (Å²) in [6.45, 7) is 7.40. The third-order valence-corrected chi connectivity index (χ3v) is 3.54. The highest BCUT2D eigenvalue weighted by Crippen LogP contribution is 2.09. The Bertz CT molecular complexity index is 465. The van der Waals surface area contributed by atoms with Crippen molar-refractivity contribution in [2.24, 2.45) is 4.99 Å². The predicted molar refractivity (Wildman–Crippen MR) is 98.5 cm³/mol. The number of aliphatic imine (C=N–C) groups is 1. The quantitative estimate of drug-likeness (QED) is 0.461. The molecule has 0 radical (unpaired) electrons. The molecule has 1 saturated heterocycles. The number of β-amino-alcohol motifs (C(OH)–C–C–N with tert-alkyl or cyclic N) is 1. The standard InChI is InChI=1S/C16H25N3O.HI/c1-3-17-16(19-10-8-15(20)12-19)18-9-7-14-6-4-5-13(2)11-14;/h4-6,11,15,20H,3,7-10,12H2,1-2H3,(H,17,18);1H/t15-;/m1./s1. The Hall–Kier alpha value is -0.820. The molecule has 0 saturated carbocycles. The number of aryl methyl sites for hydroxylation is 1. The number of aliphatic hydroxyl groups is 1. The number of aliphatic hydroxyl groups excluding tert-OH is 1. The lowest BCUT2D eigenvalue weighted by molar-refractivity contribution is 0.188. The molecule has 1 aromatic rings. The molecule has 1 heterocycles. The number of guanidine groups is 1. The maximum absolute atomic E-state index is 9.63. The van der Waals surface area contributed by atoms with Gasteiger partial charge in [0.15, 0.2) is 5.96 Å². The second kappa shape index (κ2) is 9.25. The number of hydrogen-bond donors (Lipinski definition) is 2. The maximum Gasteiger partial charge on any atom is 0.194 e. The van der Waals surface area contributed by atoms with Crippen LogP contribution in [0.3, 0.4) is 0 Å². The minimum atomic E-state index is -0.212. The van der Waals surface area contributed by atoms with E-state index in [0.29, 0.717) is 6.54 Å². The van der Waals surface area contributed by atoms with Crippen molar-refractivity contribution in [1.82, 2.24) is 10.2 Å². The molecule has 2 N–H and O–H groups in total. The Balaban J connectivity index is 0.00000220. The van der Waals surface area contributed by atoms with Crippen molar-refractivity contribution in [3.05, 3.63) is 35.4 Å². The first kappa shape index (κ1) is 18.2. The summed E-state index contributed by atoms with van der Waals surface area (Å²) in [6.07, 6.45) is 1.57. The molecule has 0 amide bonds. The molecule has 1 aliphatic heterocycles. The summed E-state index contributed by atoms with van der Waals surface area (Å²) in [5.74, 6) is 0.928. The molecule has 1 aliphatic rings. The Morgan fingerprint density at radius 3 is 2.90 bits per heavy atom. The van der Waals surface area contributed by atoms with E-state index in [0.717, 1.165) is 38.4 Å². The first-order valence-corrected chi connectivity index (χ1v) is 7.46. The van der Waals surface area contributed by atoms with Crippen LogP contribution in [0.5, 0.6) is 0 Å². The lowest BCUT2D eigenvalue weighted by Crippen LogP contribution is -2.40. The minimum Gasteiger partial charge on any atom is -0.391 e. The fourth-order valence-corrected chi connectivity index (χ4v) is 2.52. The van der Waals surface area contributed by atoms with Crippen molar-refractivity contribution in [3.8, 4) is 0 Å². The van der Waals surface area contributed by atoms with E-state index in [9.17, 15) is 5.11 Å². The molecule has 5 heteroatoms. The van der Waals surface area contributed by atoms with Crippen molar-refractivity contribution in [1.29, 1.82) is 0 Å². The molecule has 0 spiro atoms. The second-order valence-electron chi connectivity index (χ2n) is 5.36. The van der Waals surface area contributed by atoms with Crippen LogP contribution in [0.15, 0.2) is 29.3 Å². The predicted octanol–water partition coefficient (Wildman–Crippen LogP) is 2.19.